The summed E-state index contributed by atoms with van der Waals surface area (Å²) in [5.74, 6) is 3.52. The van der Waals surface area contributed by atoms with E-state index in [2.05, 4.69) is 40.0 Å². The Bertz CT molecular complexity index is 565. The highest BCUT2D eigenvalue weighted by Crippen LogP contribution is 2.67. The van der Waals surface area contributed by atoms with E-state index < -0.39 is 0 Å². The Balaban J connectivity index is 1.73. The lowest BCUT2D eigenvalue weighted by Crippen LogP contribution is -2.51. The first-order valence-corrected chi connectivity index (χ1v) is 9.44. The van der Waals surface area contributed by atoms with Gasteiger partial charge < -0.3 is 0 Å². The molecule has 0 aromatic rings. The van der Waals surface area contributed by atoms with Crippen molar-refractivity contribution in [2.75, 3.05) is 0 Å². The molecular formula is C22H32. The van der Waals surface area contributed by atoms with Crippen LogP contribution in [-0.4, -0.2) is 0 Å². The van der Waals surface area contributed by atoms with Crippen molar-refractivity contribution < 1.29 is 0 Å². The molecule has 0 radical (unpaired) electrons. The molecule has 4 aliphatic rings. The largest absolute Gasteiger partial charge is 0.0993 e. The van der Waals surface area contributed by atoms with Gasteiger partial charge in [0.2, 0.25) is 0 Å². The predicted molar refractivity (Wildman–Crippen MR) is 94.5 cm³/mol. The van der Waals surface area contributed by atoms with Crippen molar-refractivity contribution in [2.24, 2.45) is 34.5 Å². The van der Waals surface area contributed by atoms with Gasteiger partial charge in [-0.1, -0.05) is 56.7 Å². The Labute approximate surface area is 136 Å². The van der Waals surface area contributed by atoms with E-state index in [-0.39, 0.29) is 0 Å². The summed E-state index contributed by atoms with van der Waals surface area (Å²) in [6.45, 7) is 16.3. The fourth-order valence-corrected chi connectivity index (χ4v) is 6.99. The number of hydrogen-bond donors (Lipinski definition) is 0. The van der Waals surface area contributed by atoms with Crippen LogP contribution in [0.4, 0.5) is 0 Å². The van der Waals surface area contributed by atoms with Crippen molar-refractivity contribution in [2.45, 2.75) is 65.7 Å². The van der Waals surface area contributed by atoms with Gasteiger partial charge in [-0.25, -0.2) is 0 Å². The highest BCUT2D eigenvalue weighted by molar-refractivity contribution is 5.35. The summed E-state index contributed by atoms with van der Waals surface area (Å²) >= 11 is 0. The molecule has 4 aliphatic carbocycles. The van der Waals surface area contributed by atoms with Gasteiger partial charge in [0.25, 0.3) is 0 Å². The molecule has 3 fully saturated rings. The van der Waals surface area contributed by atoms with Gasteiger partial charge in [0.1, 0.15) is 0 Å². The summed E-state index contributed by atoms with van der Waals surface area (Å²) in [5, 5.41) is 0. The average Bonchev–Trinajstić information content (AvgIpc) is 2.77. The van der Waals surface area contributed by atoms with Gasteiger partial charge in [-0.2, -0.15) is 0 Å². The Morgan fingerprint density at radius 3 is 2.59 bits per heavy atom. The van der Waals surface area contributed by atoms with E-state index in [0.29, 0.717) is 10.8 Å². The minimum Gasteiger partial charge on any atom is -0.0993 e. The Morgan fingerprint density at radius 1 is 1.05 bits per heavy atom. The molecular weight excluding hydrogens is 264 g/mol. The lowest BCUT2D eigenvalue weighted by Gasteiger charge is -2.59. The van der Waals surface area contributed by atoms with Gasteiger partial charge in [0.05, 0.1) is 0 Å². The van der Waals surface area contributed by atoms with Crippen LogP contribution in [0.25, 0.3) is 0 Å². The smallest absolute Gasteiger partial charge is 0.00534 e. The van der Waals surface area contributed by atoms with E-state index in [4.69, 9.17) is 0 Å². The van der Waals surface area contributed by atoms with E-state index in [0.717, 1.165) is 23.7 Å². The zero-order valence-electron chi connectivity index (χ0n) is 14.8. The van der Waals surface area contributed by atoms with E-state index in [1.54, 1.807) is 11.1 Å². The van der Waals surface area contributed by atoms with Crippen LogP contribution in [0.5, 0.6) is 0 Å². The van der Waals surface area contributed by atoms with Crippen LogP contribution in [0.2, 0.25) is 0 Å². The number of rotatable bonds is 0. The molecule has 5 unspecified atom stereocenters. The molecule has 6 atom stereocenters. The summed E-state index contributed by atoms with van der Waals surface area (Å²) in [5.41, 5.74) is 5.56. The van der Waals surface area contributed by atoms with Crippen molar-refractivity contribution in [1.82, 2.24) is 0 Å². The molecule has 0 aliphatic heterocycles. The fraction of sp³-hybridized carbons (Fsp3) is 0.727. The zero-order valence-corrected chi connectivity index (χ0v) is 14.8. The molecule has 0 bridgehead atoms. The summed E-state index contributed by atoms with van der Waals surface area (Å²) in [6, 6.07) is 0. The predicted octanol–water partition coefficient (Wildman–Crippen LogP) is 6.31. The minimum absolute atomic E-state index is 0.440. The maximum atomic E-state index is 4.45. The van der Waals surface area contributed by atoms with Gasteiger partial charge >= 0.3 is 0 Å². The third-order valence-corrected chi connectivity index (χ3v) is 8.57. The third-order valence-electron chi connectivity index (χ3n) is 8.57. The van der Waals surface area contributed by atoms with Crippen molar-refractivity contribution in [3.05, 3.63) is 36.0 Å². The SMILES string of the molecule is C=C1C=C2CCC3C4CCC(=C)C4(C)CCC3C2(C)[C@@H](C)C1. The highest BCUT2D eigenvalue weighted by Gasteiger charge is 2.58. The first-order chi connectivity index (χ1) is 10.4. The lowest BCUT2D eigenvalue weighted by molar-refractivity contribution is -0.0429. The van der Waals surface area contributed by atoms with Crippen LogP contribution in [-0.2, 0) is 0 Å². The molecule has 0 amide bonds. The molecule has 4 rings (SSSR count). The van der Waals surface area contributed by atoms with Gasteiger partial charge in [-0.15, -0.1) is 0 Å². The second-order valence-corrected chi connectivity index (χ2v) is 9.23. The zero-order chi connectivity index (χ0) is 15.7. The Hall–Kier alpha value is -0.780. The lowest BCUT2D eigenvalue weighted by atomic mass is 9.45. The first-order valence-electron chi connectivity index (χ1n) is 9.44. The molecule has 0 heteroatoms. The molecule has 3 saturated carbocycles. The van der Waals surface area contributed by atoms with Crippen LogP contribution in [0.1, 0.15) is 65.7 Å². The van der Waals surface area contributed by atoms with E-state index in [1.165, 1.54) is 50.5 Å². The fourth-order valence-electron chi connectivity index (χ4n) is 6.99. The Morgan fingerprint density at radius 2 is 1.82 bits per heavy atom. The maximum Gasteiger partial charge on any atom is -0.00534 e. The second kappa shape index (κ2) is 4.62. The molecule has 0 nitrogen and oxygen atoms in total. The summed E-state index contributed by atoms with van der Waals surface area (Å²) in [4.78, 5) is 0. The monoisotopic (exact) mass is 296 g/mol. The molecule has 0 N–H and O–H groups in total. The van der Waals surface area contributed by atoms with Gasteiger partial charge in [0, 0.05) is 0 Å². The van der Waals surface area contributed by atoms with Gasteiger partial charge in [-0.3, -0.25) is 0 Å². The topological polar surface area (TPSA) is 0 Å². The number of hydrogen-bond acceptors (Lipinski definition) is 0. The van der Waals surface area contributed by atoms with Crippen LogP contribution < -0.4 is 0 Å². The summed E-state index contributed by atoms with van der Waals surface area (Å²) in [7, 11) is 0. The Kier molecular flexibility index (Phi) is 3.10. The van der Waals surface area contributed by atoms with Crippen molar-refractivity contribution in [3.63, 3.8) is 0 Å². The first kappa shape index (κ1) is 14.8. The highest BCUT2D eigenvalue weighted by atomic mass is 14.6. The van der Waals surface area contributed by atoms with Crippen molar-refractivity contribution in [1.29, 1.82) is 0 Å². The van der Waals surface area contributed by atoms with Gasteiger partial charge in [0.15, 0.2) is 0 Å². The molecule has 0 aromatic heterocycles. The van der Waals surface area contributed by atoms with Crippen LogP contribution in [0, 0.1) is 34.5 Å². The van der Waals surface area contributed by atoms with E-state index in [1.807, 2.05) is 0 Å². The maximum absolute atomic E-state index is 4.45. The van der Waals surface area contributed by atoms with E-state index >= 15 is 0 Å². The molecule has 120 valence electrons. The standard InChI is InChI=1S/C22H32/c1-14-12-16(3)22(5)17(13-14)7-8-18-19-9-6-15(2)21(19,4)11-10-20(18)22/h13,16,18-20H,1-2,6-12H2,3-5H3/t16-,18?,19?,20?,21?,22?/m0/s1. The molecule has 22 heavy (non-hydrogen) atoms. The minimum atomic E-state index is 0.440. The molecule has 0 saturated heterocycles. The number of allylic oxidation sites excluding steroid dienone is 4. The number of fused-ring (bicyclic) bond motifs is 5. The van der Waals surface area contributed by atoms with E-state index in [9.17, 15) is 0 Å². The average molecular weight is 296 g/mol. The van der Waals surface area contributed by atoms with Gasteiger partial charge in [-0.05, 0) is 79.4 Å². The summed E-state index contributed by atoms with van der Waals surface area (Å²) < 4.78 is 0. The summed E-state index contributed by atoms with van der Waals surface area (Å²) in [6.07, 6.45) is 11.9. The second-order valence-electron chi connectivity index (χ2n) is 9.23. The molecule has 0 heterocycles. The van der Waals surface area contributed by atoms with Crippen molar-refractivity contribution >= 4 is 0 Å². The van der Waals surface area contributed by atoms with Crippen LogP contribution >= 0.6 is 0 Å². The van der Waals surface area contributed by atoms with Crippen LogP contribution in [0.15, 0.2) is 36.0 Å². The van der Waals surface area contributed by atoms with Crippen molar-refractivity contribution in [3.8, 4) is 0 Å². The quantitative estimate of drug-likeness (QED) is 0.460. The molecule has 0 spiro atoms. The molecule has 0 aromatic carbocycles. The van der Waals surface area contributed by atoms with Crippen LogP contribution in [0.3, 0.4) is 0 Å². The normalized spacial score (nSPS) is 51.0. The third kappa shape index (κ3) is 1.70.